The molecule has 7 heteroatoms. The van der Waals surface area contributed by atoms with Gasteiger partial charge in [-0.25, -0.2) is 9.50 Å². The third kappa shape index (κ3) is 1.93. The molecule has 0 aliphatic carbocycles. The zero-order valence-electron chi connectivity index (χ0n) is 11.8. The monoisotopic (exact) mass is 310 g/mol. The summed E-state index contributed by atoms with van der Waals surface area (Å²) in [6.45, 7) is 9.77. The molecule has 0 bridgehead atoms. The molecule has 1 saturated heterocycles. The van der Waals surface area contributed by atoms with Crippen molar-refractivity contribution in [3.63, 3.8) is 0 Å². The topological polar surface area (TPSA) is 33.4 Å². The fourth-order valence-electron chi connectivity index (χ4n) is 3.29. The average Bonchev–Trinajstić information content (AvgIpc) is 2.79. The summed E-state index contributed by atoms with van der Waals surface area (Å²) in [5.41, 5.74) is 1.04. The van der Waals surface area contributed by atoms with Gasteiger partial charge in [0.05, 0.1) is 0 Å². The molecule has 0 atom stereocenters. The van der Waals surface area contributed by atoms with Crippen molar-refractivity contribution in [2.75, 3.05) is 4.23 Å². The molecule has 0 amide bonds. The van der Waals surface area contributed by atoms with Crippen LogP contribution in [-0.4, -0.2) is 31.1 Å². The smallest absolute Gasteiger partial charge is 0.142 e. The lowest BCUT2D eigenvalue weighted by Gasteiger charge is -2.40. The molecule has 1 aliphatic rings. The summed E-state index contributed by atoms with van der Waals surface area (Å²) in [6.07, 6.45) is 1.63. The van der Waals surface area contributed by atoms with E-state index in [1.54, 1.807) is 10.8 Å². The van der Waals surface area contributed by atoms with Crippen LogP contribution in [0.1, 0.15) is 0 Å². The Labute approximate surface area is 120 Å². The van der Waals surface area contributed by atoms with E-state index in [0.717, 1.165) is 11.3 Å². The molecule has 4 nitrogen and oxygen atoms in total. The molecule has 0 N–H and O–H groups in total. The molecule has 3 rings (SSSR count). The van der Waals surface area contributed by atoms with E-state index in [1.165, 1.54) is 12.1 Å². The summed E-state index contributed by atoms with van der Waals surface area (Å²) in [4.78, 5) is 4.60. The Bertz CT molecular complexity index is 622. The maximum atomic E-state index is 6.17. The molecule has 102 valence electrons. The minimum Gasteiger partial charge on any atom is -0.407 e. The van der Waals surface area contributed by atoms with Gasteiger partial charge < -0.3 is 4.23 Å². The number of halogens is 1. The van der Waals surface area contributed by atoms with Gasteiger partial charge in [0.15, 0.2) is 0 Å². The molecule has 0 saturated carbocycles. The molecule has 2 aromatic rings. The predicted octanol–water partition coefficient (Wildman–Crippen LogP) is 3.61. The van der Waals surface area contributed by atoms with Gasteiger partial charge in [-0.2, -0.15) is 5.10 Å². The fourth-order valence-corrected chi connectivity index (χ4v) is 17.5. The van der Waals surface area contributed by atoms with Crippen LogP contribution in [0.5, 0.6) is 0 Å². The Balaban J connectivity index is 2.24. The van der Waals surface area contributed by atoms with Crippen LogP contribution in [-0.2, 0) is 0 Å². The van der Waals surface area contributed by atoms with Crippen LogP contribution >= 0.6 is 11.6 Å². The molecule has 0 radical (unpaired) electrons. The van der Waals surface area contributed by atoms with Crippen LogP contribution in [0.2, 0.25) is 43.4 Å². The van der Waals surface area contributed by atoms with E-state index in [2.05, 4.69) is 40.5 Å². The van der Waals surface area contributed by atoms with E-state index >= 15 is 0 Å². The van der Waals surface area contributed by atoms with E-state index in [4.69, 9.17) is 11.6 Å². The molecule has 1 fully saturated rings. The van der Waals surface area contributed by atoms with Crippen molar-refractivity contribution in [3.05, 3.63) is 23.6 Å². The van der Waals surface area contributed by atoms with E-state index in [-0.39, 0.29) is 0 Å². The molecule has 0 unspecified atom stereocenters. The molecular weight excluding hydrogens is 292 g/mol. The summed E-state index contributed by atoms with van der Waals surface area (Å²) in [5, 5.41) is 4.90. The molecule has 3 heterocycles. The number of fused-ring (bicyclic) bond motifs is 1. The second-order valence-electron chi connectivity index (χ2n) is 6.50. The predicted molar refractivity (Wildman–Crippen MR) is 85.1 cm³/mol. The average molecular weight is 311 g/mol. The Hall–Kier alpha value is -0.856. The van der Waals surface area contributed by atoms with Crippen molar-refractivity contribution in [1.82, 2.24) is 14.6 Å². The maximum Gasteiger partial charge on any atom is 0.142 e. The van der Waals surface area contributed by atoms with Gasteiger partial charge in [0.1, 0.15) is 39.3 Å². The summed E-state index contributed by atoms with van der Waals surface area (Å²) in [6, 6.07) is 6.65. The number of hydrogen-bond acceptors (Lipinski definition) is 3. The van der Waals surface area contributed by atoms with Crippen molar-refractivity contribution in [1.29, 1.82) is 0 Å². The van der Waals surface area contributed by atoms with Gasteiger partial charge in [-0.05, 0) is 24.2 Å². The lowest BCUT2D eigenvalue weighted by atomic mass is 10.5. The number of hydrogen-bond donors (Lipinski definition) is 0. The maximum absolute atomic E-state index is 6.17. The van der Waals surface area contributed by atoms with Crippen LogP contribution in [0.15, 0.2) is 18.5 Å². The first-order chi connectivity index (χ1) is 8.83. The molecular formula is C12H19ClN4Si2. The van der Waals surface area contributed by atoms with Crippen molar-refractivity contribution >= 4 is 39.4 Å². The first-order valence-electron chi connectivity index (χ1n) is 6.61. The number of nitrogens with zero attached hydrogens (tertiary/aromatic N) is 4. The highest BCUT2D eigenvalue weighted by atomic mass is 35.5. The van der Waals surface area contributed by atoms with Gasteiger partial charge in [-0.1, -0.05) is 37.8 Å². The lowest BCUT2D eigenvalue weighted by Crippen LogP contribution is -2.55. The normalized spacial score (nSPS) is 21.2. The van der Waals surface area contributed by atoms with Crippen LogP contribution in [0.25, 0.3) is 5.52 Å². The van der Waals surface area contributed by atoms with Crippen molar-refractivity contribution in [2.24, 2.45) is 0 Å². The Morgan fingerprint density at radius 1 is 1.11 bits per heavy atom. The van der Waals surface area contributed by atoms with Gasteiger partial charge >= 0.3 is 0 Å². The third-order valence-electron chi connectivity index (χ3n) is 4.16. The highest BCUT2D eigenvalue weighted by molar-refractivity contribution is 7.04. The van der Waals surface area contributed by atoms with Crippen LogP contribution < -0.4 is 4.23 Å². The van der Waals surface area contributed by atoms with Crippen LogP contribution in [0.4, 0.5) is 5.82 Å². The molecule has 1 aliphatic heterocycles. The van der Waals surface area contributed by atoms with E-state index < -0.39 is 16.5 Å². The van der Waals surface area contributed by atoms with Gasteiger partial charge in [-0.3, -0.25) is 0 Å². The highest BCUT2D eigenvalue weighted by Crippen LogP contribution is 2.41. The number of rotatable bonds is 1. The number of anilines is 1. The van der Waals surface area contributed by atoms with Gasteiger partial charge in [0.25, 0.3) is 0 Å². The van der Waals surface area contributed by atoms with Crippen LogP contribution in [0.3, 0.4) is 0 Å². The second kappa shape index (κ2) is 4.07. The standard InChI is InChI=1S/C12H19ClN4Si2/c1-18(2)7-8-19(3,4)17(18)12-10-5-6-11(13)16(10)15-9-14-12/h5-6,9H,7-8H2,1-4H3. The Morgan fingerprint density at radius 2 is 1.74 bits per heavy atom. The van der Waals surface area contributed by atoms with E-state index in [1.807, 2.05) is 12.1 Å². The zero-order valence-corrected chi connectivity index (χ0v) is 14.6. The molecule has 0 aromatic carbocycles. The van der Waals surface area contributed by atoms with Crippen molar-refractivity contribution in [2.45, 2.75) is 38.3 Å². The summed E-state index contributed by atoms with van der Waals surface area (Å²) in [5.74, 6) is 1.09. The van der Waals surface area contributed by atoms with Gasteiger partial charge in [0, 0.05) is 0 Å². The summed E-state index contributed by atoms with van der Waals surface area (Å²) < 4.78 is 4.48. The van der Waals surface area contributed by atoms with Crippen LogP contribution in [0, 0.1) is 0 Å². The second-order valence-corrected chi connectivity index (χ2v) is 16.5. The number of aromatic nitrogens is 3. The minimum absolute atomic E-state index is 0.650. The highest BCUT2D eigenvalue weighted by Gasteiger charge is 2.48. The van der Waals surface area contributed by atoms with Gasteiger partial charge in [-0.15, -0.1) is 0 Å². The van der Waals surface area contributed by atoms with Crippen molar-refractivity contribution in [3.8, 4) is 0 Å². The SMILES string of the molecule is C[Si]1(C)CC[Si](C)(C)N1c1ncnn2c(Cl)ccc12. The zero-order chi connectivity index (χ0) is 13.8. The van der Waals surface area contributed by atoms with E-state index in [0.29, 0.717) is 5.15 Å². The molecule has 0 spiro atoms. The summed E-state index contributed by atoms with van der Waals surface area (Å²) in [7, 11) is -2.81. The third-order valence-corrected chi connectivity index (χ3v) is 14.4. The van der Waals surface area contributed by atoms with Gasteiger partial charge in [0.2, 0.25) is 0 Å². The minimum atomic E-state index is -1.41. The largest absolute Gasteiger partial charge is 0.407 e. The quantitative estimate of drug-likeness (QED) is 0.754. The lowest BCUT2D eigenvalue weighted by molar-refractivity contribution is 0.903. The van der Waals surface area contributed by atoms with E-state index in [9.17, 15) is 0 Å². The molecule has 2 aromatic heterocycles. The van der Waals surface area contributed by atoms with Crippen molar-refractivity contribution < 1.29 is 0 Å². The Morgan fingerprint density at radius 3 is 2.37 bits per heavy atom. The first kappa shape index (κ1) is 13.1. The fraction of sp³-hybridized carbons (Fsp3) is 0.500. The summed E-state index contributed by atoms with van der Waals surface area (Å²) >= 11 is 6.17. The Kier molecular flexibility index (Phi) is 2.81. The molecule has 19 heavy (non-hydrogen) atoms. The first-order valence-corrected chi connectivity index (χ1v) is 13.3.